The lowest BCUT2D eigenvalue weighted by Gasteiger charge is -2.42. The molecule has 1 fully saturated rings. The third-order valence-electron chi connectivity index (χ3n) is 7.80. The number of amides is 2. The highest BCUT2D eigenvalue weighted by Crippen LogP contribution is 2.56. The molecule has 1 heterocycles. The Morgan fingerprint density at radius 2 is 1.92 bits per heavy atom. The lowest BCUT2D eigenvalue weighted by molar-refractivity contribution is -0.142. The van der Waals surface area contributed by atoms with Crippen molar-refractivity contribution < 1.29 is 38.9 Å². The van der Waals surface area contributed by atoms with Crippen molar-refractivity contribution >= 4 is 56.9 Å². The zero-order valence-corrected chi connectivity index (χ0v) is 22.5. The molecule has 5 rings (SSSR count). The minimum Gasteiger partial charge on any atom is -0.503 e. The van der Waals surface area contributed by atoms with Crippen molar-refractivity contribution in [3.63, 3.8) is 0 Å². The second-order valence-corrected chi connectivity index (χ2v) is 11.0. The minimum atomic E-state index is -1.01. The smallest absolute Gasteiger partial charge is 0.303 e. The number of ether oxygens (including phenoxy) is 1. The molecule has 0 unspecified atom stereocenters. The standard InChI is InChI=1S/C27H23BrClNO8/c1-38-19-8-11(7-17(29)25(19)35)21-12-4-5-13-22(27(37)30(26(13)36)6-2-3-20(32)33)14(12)9-15-23(21)18(31)10-16(28)24(15)34/h4,7-8,10,13-14,21-22,35H,2-3,5-6,9H2,1H3,(H,32,33)/t13-,14+,21-,22-/m0/s1. The summed E-state index contributed by atoms with van der Waals surface area (Å²) in [4.78, 5) is 65.4. The normalized spacial score (nSPS) is 26.6. The summed E-state index contributed by atoms with van der Waals surface area (Å²) in [5, 5.41) is 19.3. The number of carboxylic acids is 1. The summed E-state index contributed by atoms with van der Waals surface area (Å²) in [6.07, 6.45) is 3.44. The van der Waals surface area contributed by atoms with Gasteiger partial charge in [-0.15, -0.1) is 0 Å². The summed E-state index contributed by atoms with van der Waals surface area (Å²) >= 11 is 9.47. The van der Waals surface area contributed by atoms with Crippen LogP contribution in [0.2, 0.25) is 5.02 Å². The number of likely N-dealkylation sites (tertiary alicyclic amines) is 1. The summed E-state index contributed by atoms with van der Waals surface area (Å²) in [6, 6.07) is 3.06. The van der Waals surface area contributed by atoms with E-state index in [2.05, 4.69) is 15.9 Å². The van der Waals surface area contributed by atoms with Crippen LogP contribution < -0.4 is 4.74 Å². The fourth-order valence-corrected chi connectivity index (χ4v) is 6.84. The van der Waals surface area contributed by atoms with Crippen molar-refractivity contribution in [2.45, 2.75) is 31.6 Å². The highest BCUT2D eigenvalue weighted by Gasteiger charge is 2.56. The van der Waals surface area contributed by atoms with Gasteiger partial charge in [-0.2, -0.15) is 0 Å². The second kappa shape index (κ2) is 9.81. The monoisotopic (exact) mass is 603 g/mol. The minimum absolute atomic E-state index is 0.000873. The van der Waals surface area contributed by atoms with E-state index >= 15 is 0 Å². The van der Waals surface area contributed by atoms with Crippen molar-refractivity contribution in [2.75, 3.05) is 13.7 Å². The quantitative estimate of drug-likeness (QED) is 0.285. The van der Waals surface area contributed by atoms with Crippen molar-refractivity contribution in [1.29, 1.82) is 0 Å². The van der Waals surface area contributed by atoms with E-state index < -0.39 is 35.5 Å². The van der Waals surface area contributed by atoms with Crippen molar-refractivity contribution in [1.82, 2.24) is 4.90 Å². The molecule has 2 N–H and O–H groups in total. The van der Waals surface area contributed by atoms with E-state index in [1.54, 1.807) is 6.07 Å². The van der Waals surface area contributed by atoms with Crippen LogP contribution in [0.5, 0.6) is 11.5 Å². The molecule has 0 bridgehead atoms. The van der Waals surface area contributed by atoms with Gasteiger partial charge in [-0.05, 0) is 58.8 Å². The fourth-order valence-electron chi connectivity index (χ4n) is 6.18. The average molecular weight is 605 g/mol. The summed E-state index contributed by atoms with van der Waals surface area (Å²) in [5.41, 5.74) is 1.78. The van der Waals surface area contributed by atoms with Gasteiger partial charge in [0.1, 0.15) is 0 Å². The van der Waals surface area contributed by atoms with Crippen LogP contribution in [0.15, 0.2) is 45.5 Å². The first-order valence-electron chi connectivity index (χ1n) is 12.1. The number of carbonyl (C=O) groups excluding carboxylic acids is 4. The van der Waals surface area contributed by atoms with Crippen LogP contribution in [-0.4, -0.2) is 58.1 Å². The number of phenolic OH excluding ortho intramolecular Hbond substituents is 1. The van der Waals surface area contributed by atoms with Gasteiger partial charge in [-0.1, -0.05) is 23.3 Å². The molecule has 1 aliphatic heterocycles. The van der Waals surface area contributed by atoms with Crippen LogP contribution in [0.4, 0.5) is 0 Å². The number of benzene rings is 1. The Labute approximate surface area is 230 Å². The van der Waals surface area contributed by atoms with Crippen LogP contribution in [0.3, 0.4) is 0 Å². The van der Waals surface area contributed by atoms with E-state index in [0.29, 0.717) is 5.56 Å². The largest absolute Gasteiger partial charge is 0.503 e. The number of hydrogen-bond acceptors (Lipinski definition) is 7. The lowest BCUT2D eigenvalue weighted by atomic mass is 9.59. The van der Waals surface area contributed by atoms with Crippen molar-refractivity contribution in [3.05, 3.63) is 56.1 Å². The number of carbonyl (C=O) groups is 5. The van der Waals surface area contributed by atoms with Gasteiger partial charge in [0.25, 0.3) is 0 Å². The molecule has 1 aromatic rings. The van der Waals surface area contributed by atoms with Gasteiger partial charge in [0.2, 0.25) is 11.8 Å². The van der Waals surface area contributed by atoms with Crippen LogP contribution >= 0.6 is 27.5 Å². The van der Waals surface area contributed by atoms with Gasteiger partial charge in [0, 0.05) is 36.1 Å². The molecule has 1 saturated heterocycles. The highest BCUT2D eigenvalue weighted by molar-refractivity contribution is 9.12. The summed E-state index contributed by atoms with van der Waals surface area (Å²) in [7, 11) is 1.37. The van der Waals surface area contributed by atoms with Gasteiger partial charge in [-0.25, -0.2) is 0 Å². The number of aromatic hydroxyl groups is 1. The Balaban J connectivity index is 1.61. The van der Waals surface area contributed by atoms with Gasteiger partial charge in [0.15, 0.2) is 23.1 Å². The molecule has 198 valence electrons. The highest BCUT2D eigenvalue weighted by atomic mass is 79.9. The zero-order valence-electron chi connectivity index (χ0n) is 20.2. The number of halogens is 2. The topological polar surface area (TPSA) is 138 Å². The molecule has 0 radical (unpaired) electrons. The summed E-state index contributed by atoms with van der Waals surface area (Å²) in [5.74, 6) is -5.30. The Hall–Kier alpha value is -3.24. The molecule has 0 spiro atoms. The number of phenols is 1. The lowest BCUT2D eigenvalue weighted by Crippen LogP contribution is -2.39. The first-order valence-corrected chi connectivity index (χ1v) is 13.2. The van der Waals surface area contributed by atoms with Crippen molar-refractivity contribution in [2.24, 2.45) is 17.8 Å². The second-order valence-electron chi connectivity index (χ2n) is 9.77. The number of Topliss-reactive ketones (excluding diaryl/α,β-unsaturated/α-hetero) is 1. The predicted molar refractivity (Wildman–Crippen MR) is 138 cm³/mol. The molecule has 2 amide bonds. The molecule has 3 aliphatic carbocycles. The number of rotatable bonds is 6. The number of imide groups is 1. The first kappa shape index (κ1) is 26.4. The van der Waals surface area contributed by atoms with Crippen LogP contribution in [0, 0.1) is 17.8 Å². The van der Waals surface area contributed by atoms with E-state index in [4.69, 9.17) is 21.4 Å². The molecule has 9 nitrogen and oxygen atoms in total. The van der Waals surface area contributed by atoms with Crippen LogP contribution in [0.1, 0.15) is 37.2 Å². The maximum absolute atomic E-state index is 13.6. The van der Waals surface area contributed by atoms with Crippen molar-refractivity contribution in [3.8, 4) is 11.5 Å². The fraction of sp³-hybridized carbons (Fsp3) is 0.370. The number of fused-ring (bicyclic) bond motifs is 3. The van der Waals surface area contributed by atoms with Gasteiger partial charge in [-0.3, -0.25) is 28.9 Å². The molecule has 4 aliphatic rings. The van der Waals surface area contributed by atoms with E-state index in [-0.39, 0.29) is 81.9 Å². The molecule has 0 aromatic heterocycles. The third kappa shape index (κ3) is 4.10. The Morgan fingerprint density at radius 3 is 2.61 bits per heavy atom. The van der Waals surface area contributed by atoms with Gasteiger partial charge < -0.3 is 14.9 Å². The SMILES string of the molecule is COc1cc([C@H]2C3=CC[C@@H]4C(=O)N(CCCC(=O)O)C(=O)[C@@H]4[C@@H]3CC3=C2C(=O)C=C(Br)C3=O)cc(Cl)c1O. The molecule has 4 atom stereocenters. The number of allylic oxidation sites excluding steroid dienone is 6. The van der Waals surface area contributed by atoms with E-state index in [0.717, 1.165) is 10.5 Å². The van der Waals surface area contributed by atoms with Crippen LogP contribution in [-0.2, 0) is 24.0 Å². The number of aliphatic carboxylic acids is 1. The summed E-state index contributed by atoms with van der Waals surface area (Å²) < 4.78 is 5.39. The third-order valence-corrected chi connectivity index (χ3v) is 8.68. The number of carboxylic acid groups (broad SMARTS) is 1. The average Bonchev–Trinajstić information content (AvgIpc) is 3.12. The predicted octanol–water partition coefficient (Wildman–Crippen LogP) is 3.68. The Morgan fingerprint density at radius 1 is 1.18 bits per heavy atom. The Kier molecular flexibility index (Phi) is 6.81. The van der Waals surface area contributed by atoms with Gasteiger partial charge in [0.05, 0.1) is 28.5 Å². The molecule has 1 aromatic carbocycles. The van der Waals surface area contributed by atoms with E-state index in [1.165, 1.54) is 19.3 Å². The van der Waals surface area contributed by atoms with Gasteiger partial charge >= 0.3 is 5.97 Å². The number of ketones is 2. The maximum atomic E-state index is 13.6. The molecule has 38 heavy (non-hydrogen) atoms. The number of methoxy groups -OCH3 is 1. The first-order chi connectivity index (χ1) is 18.0. The van der Waals surface area contributed by atoms with E-state index in [1.807, 2.05) is 6.08 Å². The molecule has 0 saturated carbocycles. The van der Waals surface area contributed by atoms with Crippen LogP contribution in [0.25, 0.3) is 0 Å². The number of hydrogen-bond donors (Lipinski definition) is 2. The zero-order chi connectivity index (χ0) is 27.5. The Bertz CT molecular complexity index is 1410. The number of nitrogens with zero attached hydrogens (tertiary/aromatic N) is 1. The van der Waals surface area contributed by atoms with E-state index in [9.17, 15) is 29.1 Å². The maximum Gasteiger partial charge on any atom is 0.303 e. The summed E-state index contributed by atoms with van der Waals surface area (Å²) in [6.45, 7) is 0.00681. The molecular weight excluding hydrogens is 582 g/mol. The molecular formula is C27H23BrClNO8. The molecule has 11 heteroatoms.